The SMILES string of the molecule is CC(C)CNC(=O)c1cc(-c2c[nH]c3ccc(Br)cc23)nc2ccc(C#CCN3CCCCC3)cc12. The molecule has 1 aliphatic rings. The Morgan fingerprint density at radius 3 is 2.75 bits per heavy atom. The molecule has 0 atom stereocenters. The Kier molecular flexibility index (Phi) is 7.41. The fraction of sp³-hybridized carbons (Fsp3) is 0.333. The number of rotatable bonds is 5. The topological polar surface area (TPSA) is 61.0 Å². The Morgan fingerprint density at radius 2 is 1.94 bits per heavy atom. The minimum Gasteiger partial charge on any atom is -0.360 e. The summed E-state index contributed by atoms with van der Waals surface area (Å²) in [6.45, 7) is 7.85. The fourth-order valence-electron chi connectivity index (χ4n) is 4.70. The van der Waals surface area contributed by atoms with E-state index in [0.717, 1.165) is 62.7 Å². The van der Waals surface area contributed by atoms with E-state index in [1.54, 1.807) is 0 Å². The lowest BCUT2D eigenvalue weighted by Gasteiger charge is -2.23. The van der Waals surface area contributed by atoms with Crippen LogP contribution in [0.15, 0.2) is 53.1 Å². The number of H-pyrrole nitrogens is 1. The standard InChI is InChI=1S/C30H31BrN4O/c1-20(2)18-33-30(36)25-17-29(26-19-32-27-11-9-22(31)16-24(26)27)34-28-10-8-21(15-23(25)28)7-6-14-35-12-4-3-5-13-35/h8-11,15-17,19-20,32H,3-5,12-14,18H2,1-2H3,(H,33,36). The molecule has 184 valence electrons. The highest BCUT2D eigenvalue weighted by molar-refractivity contribution is 9.10. The molecular weight excluding hydrogens is 512 g/mol. The monoisotopic (exact) mass is 542 g/mol. The average molecular weight is 544 g/mol. The summed E-state index contributed by atoms with van der Waals surface area (Å²) in [6.07, 6.45) is 5.80. The third-order valence-electron chi connectivity index (χ3n) is 6.63. The van der Waals surface area contributed by atoms with Crippen LogP contribution in [0, 0.1) is 17.8 Å². The number of aromatic nitrogens is 2. The molecule has 1 aliphatic heterocycles. The number of nitrogens with zero attached hydrogens (tertiary/aromatic N) is 2. The second kappa shape index (κ2) is 10.9. The molecular formula is C30H31BrN4O. The molecule has 0 aliphatic carbocycles. The van der Waals surface area contributed by atoms with Gasteiger partial charge in [0.15, 0.2) is 0 Å². The summed E-state index contributed by atoms with van der Waals surface area (Å²) in [4.78, 5) is 24.0. The summed E-state index contributed by atoms with van der Waals surface area (Å²) in [5.41, 5.74) is 5.08. The van der Waals surface area contributed by atoms with E-state index < -0.39 is 0 Å². The van der Waals surface area contributed by atoms with E-state index in [1.165, 1.54) is 19.3 Å². The largest absolute Gasteiger partial charge is 0.360 e. The summed E-state index contributed by atoms with van der Waals surface area (Å²) < 4.78 is 0.999. The van der Waals surface area contributed by atoms with Crippen molar-refractivity contribution in [2.45, 2.75) is 33.1 Å². The van der Waals surface area contributed by atoms with Crippen molar-refractivity contribution in [3.8, 4) is 23.1 Å². The van der Waals surface area contributed by atoms with Gasteiger partial charge in [-0.3, -0.25) is 9.69 Å². The molecule has 0 radical (unpaired) electrons. The first kappa shape index (κ1) is 24.5. The molecule has 0 saturated carbocycles. The fourth-order valence-corrected chi connectivity index (χ4v) is 5.06. The van der Waals surface area contributed by atoms with Gasteiger partial charge in [-0.05, 0) is 74.3 Å². The number of halogens is 1. The minimum atomic E-state index is -0.0863. The molecule has 3 heterocycles. The Balaban J connectivity index is 1.55. The number of nitrogens with one attached hydrogen (secondary N) is 2. The first-order chi connectivity index (χ1) is 17.5. The number of pyridine rings is 1. The Bertz CT molecular complexity index is 1470. The lowest BCUT2D eigenvalue weighted by Crippen LogP contribution is -2.29. The van der Waals surface area contributed by atoms with Gasteiger partial charge in [0.25, 0.3) is 5.91 Å². The zero-order chi connectivity index (χ0) is 25.1. The van der Waals surface area contributed by atoms with Gasteiger partial charge in [0.1, 0.15) is 0 Å². The number of benzene rings is 2. The van der Waals surface area contributed by atoms with Crippen LogP contribution in [0.5, 0.6) is 0 Å². The molecule has 2 aromatic carbocycles. The second-order valence-electron chi connectivity index (χ2n) is 9.92. The van der Waals surface area contributed by atoms with Gasteiger partial charge in [-0.2, -0.15) is 0 Å². The molecule has 1 amide bonds. The van der Waals surface area contributed by atoms with Gasteiger partial charge in [0, 0.05) is 44.6 Å². The maximum absolute atomic E-state index is 13.3. The molecule has 1 saturated heterocycles. The lowest BCUT2D eigenvalue weighted by atomic mass is 10.0. The summed E-state index contributed by atoms with van der Waals surface area (Å²) in [5, 5.41) is 4.98. The van der Waals surface area contributed by atoms with Crippen LogP contribution >= 0.6 is 15.9 Å². The average Bonchev–Trinajstić information content (AvgIpc) is 3.30. The Morgan fingerprint density at radius 1 is 1.11 bits per heavy atom. The van der Waals surface area contributed by atoms with Crippen molar-refractivity contribution in [3.05, 3.63) is 64.3 Å². The molecule has 2 N–H and O–H groups in total. The first-order valence-corrected chi connectivity index (χ1v) is 13.5. The number of fused-ring (bicyclic) bond motifs is 2. The number of piperidine rings is 1. The molecule has 4 aromatic rings. The van der Waals surface area contributed by atoms with Crippen molar-refractivity contribution in [2.75, 3.05) is 26.2 Å². The number of hydrogen-bond donors (Lipinski definition) is 2. The maximum atomic E-state index is 13.3. The molecule has 6 heteroatoms. The van der Waals surface area contributed by atoms with Gasteiger partial charge >= 0.3 is 0 Å². The van der Waals surface area contributed by atoms with Gasteiger partial charge in [-0.15, -0.1) is 0 Å². The van der Waals surface area contributed by atoms with E-state index >= 15 is 0 Å². The van der Waals surface area contributed by atoms with Gasteiger partial charge < -0.3 is 10.3 Å². The van der Waals surface area contributed by atoms with Crippen LogP contribution in [0.25, 0.3) is 33.1 Å². The van der Waals surface area contributed by atoms with Crippen molar-refractivity contribution in [1.82, 2.24) is 20.2 Å². The quantitative estimate of drug-likeness (QED) is 0.288. The number of carbonyl (C=O) groups is 1. The van der Waals surface area contributed by atoms with E-state index in [4.69, 9.17) is 4.98 Å². The van der Waals surface area contributed by atoms with E-state index in [-0.39, 0.29) is 5.91 Å². The highest BCUT2D eigenvalue weighted by Gasteiger charge is 2.17. The van der Waals surface area contributed by atoms with Crippen molar-refractivity contribution in [2.24, 2.45) is 5.92 Å². The maximum Gasteiger partial charge on any atom is 0.252 e. The van der Waals surface area contributed by atoms with E-state index in [0.29, 0.717) is 18.0 Å². The van der Waals surface area contributed by atoms with Crippen molar-refractivity contribution in [1.29, 1.82) is 0 Å². The van der Waals surface area contributed by atoms with Gasteiger partial charge in [-0.25, -0.2) is 4.98 Å². The van der Waals surface area contributed by atoms with Crippen molar-refractivity contribution in [3.63, 3.8) is 0 Å². The Hall–Kier alpha value is -3.14. The molecule has 2 aromatic heterocycles. The van der Waals surface area contributed by atoms with Crippen LogP contribution in [0.2, 0.25) is 0 Å². The number of carbonyl (C=O) groups excluding carboxylic acids is 1. The molecule has 0 bridgehead atoms. The normalized spacial score (nSPS) is 14.2. The van der Waals surface area contributed by atoms with E-state index in [2.05, 4.69) is 62.9 Å². The summed E-state index contributed by atoms with van der Waals surface area (Å²) in [7, 11) is 0. The molecule has 5 nitrogen and oxygen atoms in total. The van der Waals surface area contributed by atoms with Crippen LogP contribution in [-0.2, 0) is 0 Å². The molecule has 0 spiro atoms. The number of aromatic amines is 1. The molecule has 36 heavy (non-hydrogen) atoms. The summed E-state index contributed by atoms with van der Waals surface area (Å²) in [6, 6.07) is 14.0. The van der Waals surface area contributed by atoms with E-state index in [9.17, 15) is 4.79 Å². The number of likely N-dealkylation sites (tertiary alicyclic amines) is 1. The van der Waals surface area contributed by atoms with Crippen LogP contribution in [0.1, 0.15) is 49.0 Å². The molecule has 5 rings (SSSR count). The second-order valence-corrected chi connectivity index (χ2v) is 10.8. The van der Waals surface area contributed by atoms with Gasteiger partial charge in [-0.1, -0.05) is 48.0 Å². The predicted octanol–water partition coefficient (Wildman–Crippen LogP) is 6.37. The van der Waals surface area contributed by atoms with E-state index in [1.807, 2.05) is 42.6 Å². The Labute approximate surface area is 220 Å². The predicted molar refractivity (Wildman–Crippen MR) is 151 cm³/mol. The molecule has 1 fully saturated rings. The zero-order valence-electron chi connectivity index (χ0n) is 20.8. The van der Waals surface area contributed by atoms with Gasteiger partial charge in [0.2, 0.25) is 0 Å². The van der Waals surface area contributed by atoms with Crippen LogP contribution in [0.4, 0.5) is 0 Å². The first-order valence-electron chi connectivity index (χ1n) is 12.7. The van der Waals surface area contributed by atoms with Crippen molar-refractivity contribution >= 4 is 43.6 Å². The zero-order valence-corrected chi connectivity index (χ0v) is 22.4. The number of hydrogen-bond acceptors (Lipinski definition) is 3. The van der Waals surface area contributed by atoms with Crippen molar-refractivity contribution < 1.29 is 4.79 Å². The molecule has 0 unspecified atom stereocenters. The number of amides is 1. The smallest absolute Gasteiger partial charge is 0.252 e. The highest BCUT2D eigenvalue weighted by Crippen LogP contribution is 2.32. The lowest BCUT2D eigenvalue weighted by molar-refractivity contribution is 0.0950. The third kappa shape index (κ3) is 5.48. The summed E-state index contributed by atoms with van der Waals surface area (Å²) >= 11 is 3.57. The minimum absolute atomic E-state index is 0.0863. The third-order valence-corrected chi connectivity index (χ3v) is 7.12. The van der Waals surface area contributed by atoms with Crippen LogP contribution < -0.4 is 5.32 Å². The summed E-state index contributed by atoms with van der Waals surface area (Å²) in [5.74, 6) is 6.92. The van der Waals surface area contributed by atoms with Crippen LogP contribution in [0.3, 0.4) is 0 Å². The van der Waals surface area contributed by atoms with Crippen LogP contribution in [-0.4, -0.2) is 47.0 Å². The van der Waals surface area contributed by atoms with Gasteiger partial charge in [0.05, 0.1) is 23.3 Å². The highest BCUT2D eigenvalue weighted by atomic mass is 79.9.